The second-order valence-electron chi connectivity index (χ2n) is 6.40. The Bertz CT molecular complexity index is 569. The summed E-state index contributed by atoms with van der Waals surface area (Å²) in [5, 5.41) is 0. The molecule has 0 radical (unpaired) electrons. The van der Waals surface area contributed by atoms with E-state index in [0.717, 1.165) is 44.7 Å². The fourth-order valence-electron chi connectivity index (χ4n) is 3.22. The third-order valence-corrected chi connectivity index (χ3v) is 4.65. The van der Waals surface area contributed by atoms with Crippen LogP contribution in [0.3, 0.4) is 0 Å². The Morgan fingerprint density at radius 1 is 1.00 bits per heavy atom. The molecular formula is C17H25N5O3. The van der Waals surface area contributed by atoms with Crippen LogP contribution in [0.5, 0.6) is 0 Å². The van der Waals surface area contributed by atoms with Crippen LogP contribution in [0, 0.1) is 0 Å². The second-order valence-corrected chi connectivity index (χ2v) is 6.40. The highest BCUT2D eigenvalue weighted by molar-refractivity contribution is 5.77. The smallest absolute Gasteiger partial charge is 0.350 e. The van der Waals surface area contributed by atoms with Gasteiger partial charge in [0.1, 0.15) is 0 Å². The predicted octanol–water partition coefficient (Wildman–Crippen LogP) is 0.857. The van der Waals surface area contributed by atoms with Crippen LogP contribution >= 0.6 is 0 Å². The largest absolute Gasteiger partial charge is 0.368 e. The maximum Gasteiger partial charge on any atom is 0.350 e. The molecule has 0 atom stereocenters. The number of hydrogen-bond acceptors (Lipinski definition) is 6. The number of piperazine rings is 1. The predicted molar refractivity (Wildman–Crippen MR) is 92.9 cm³/mol. The van der Waals surface area contributed by atoms with Gasteiger partial charge in [0.05, 0.1) is 6.54 Å². The molecular weight excluding hydrogens is 322 g/mol. The number of carbonyl (C=O) groups excluding carboxylic acids is 2. The maximum atomic E-state index is 12.1. The second kappa shape index (κ2) is 8.66. The lowest BCUT2D eigenvalue weighted by atomic mass is 10.1. The zero-order valence-electron chi connectivity index (χ0n) is 14.4. The number of anilines is 1. The van der Waals surface area contributed by atoms with Gasteiger partial charge >= 0.3 is 12.0 Å². The Hall–Kier alpha value is -2.35. The molecule has 2 aliphatic heterocycles. The highest BCUT2D eigenvalue weighted by Gasteiger charge is 2.22. The molecule has 0 spiro atoms. The van der Waals surface area contributed by atoms with Crippen LogP contribution in [0.1, 0.15) is 19.3 Å². The van der Waals surface area contributed by atoms with Gasteiger partial charge in [0, 0.05) is 44.3 Å². The van der Waals surface area contributed by atoms with E-state index in [-0.39, 0.29) is 12.6 Å². The lowest BCUT2D eigenvalue weighted by Gasteiger charge is -2.35. The van der Waals surface area contributed by atoms with Crippen LogP contribution in [-0.4, -0.2) is 72.6 Å². The molecule has 8 nitrogen and oxygen atoms in total. The van der Waals surface area contributed by atoms with Gasteiger partial charge in [-0.15, -0.1) is 0 Å². The van der Waals surface area contributed by atoms with Crippen LogP contribution < -0.4 is 10.4 Å². The summed E-state index contributed by atoms with van der Waals surface area (Å²) in [5.41, 5.74) is 3.38. The van der Waals surface area contributed by atoms with Gasteiger partial charge in [-0.1, -0.05) is 6.42 Å². The van der Waals surface area contributed by atoms with E-state index < -0.39 is 5.97 Å². The van der Waals surface area contributed by atoms with Crippen LogP contribution in [0.25, 0.3) is 0 Å². The third-order valence-electron chi connectivity index (χ3n) is 4.65. The summed E-state index contributed by atoms with van der Waals surface area (Å²) in [4.78, 5) is 38.8. The number of hydroxylamine groups is 1. The monoisotopic (exact) mass is 347 g/mol. The van der Waals surface area contributed by atoms with E-state index in [9.17, 15) is 9.59 Å². The van der Waals surface area contributed by atoms with Crippen LogP contribution in [0.4, 0.5) is 10.5 Å². The minimum atomic E-state index is -0.411. The number of rotatable bonds is 3. The molecule has 1 aromatic heterocycles. The van der Waals surface area contributed by atoms with E-state index in [4.69, 9.17) is 4.84 Å². The summed E-state index contributed by atoms with van der Waals surface area (Å²) in [6.07, 6.45) is 6.96. The first-order valence-electron chi connectivity index (χ1n) is 8.84. The molecule has 2 amide bonds. The minimum absolute atomic E-state index is 0.232. The lowest BCUT2D eigenvalue weighted by molar-refractivity contribution is -0.150. The van der Waals surface area contributed by atoms with Crippen molar-refractivity contribution >= 4 is 17.7 Å². The first kappa shape index (κ1) is 17.5. The number of piperidine rings is 1. The molecule has 1 aromatic rings. The lowest BCUT2D eigenvalue weighted by Crippen LogP contribution is -2.52. The van der Waals surface area contributed by atoms with Crippen molar-refractivity contribution in [2.45, 2.75) is 19.3 Å². The van der Waals surface area contributed by atoms with E-state index in [1.54, 1.807) is 17.3 Å². The molecule has 0 saturated carbocycles. The van der Waals surface area contributed by atoms with E-state index in [0.29, 0.717) is 13.1 Å². The molecule has 2 aliphatic rings. The number of nitrogens with zero attached hydrogens (tertiary/aromatic N) is 4. The third kappa shape index (κ3) is 5.06. The van der Waals surface area contributed by atoms with Gasteiger partial charge in [-0.2, -0.15) is 5.48 Å². The van der Waals surface area contributed by atoms with Crippen molar-refractivity contribution in [3.63, 3.8) is 0 Å². The number of likely N-dealkylation sites (tertiary alicyclic amines) is 1. The van der Waals surface area contributed by atoms with Crippen molar-refractivity contribution in [3.8, 4) is 0 Å². The summed E-state index contributed by atoms with van der Waals surface area (Å²) in [6.45, 7) is 4.70. The zero-order chi connectivity index (χ0) is 17.5. The Morgan fingerprint density at radius 2 is 1.68 bits per heavy atom. The number of pyridine rings is 1. The first-order valence-corrected chi connectivity index (χ1v) is 8.84. The fourth-order valence-corrected chi connectivity index (χ4v) is 3.22. The van der Waals surface area contributed by atoms with Gasteiger partial charge in [0.15, 0.2) is 0 Å². The van der Waals surface area contributed by atoms with Crippen LogP contribution in [0.15, 0.2) is 24.5 Å². The van der Waals surface area contributed by atoms with Crippen molar-refractivity contribution in [2.24, 2.45) is 0 Å². The van der Waals surface area contributed by atoms with Crippen molar-refractivity contribution in [1.82, 2.24) is 20.3 Å². The number of carbonyl (C=O) groups is 2. The number of nitrogens with one attached hydrogen (secondary N) is 1. The fraction of sp³-hybridized carbons (Fsp3) is 0.588. The van der Waals surface area contributed by atoms with E-state index in [1.807, 2.05) is 12.1 Å². The molecule has 3 rings (SSSR count). The minimum Gasteiger partial charge on any atom is -0.368 e. The van der Waals surface area contributed by atoms with Gasteiger partial charge in [-0.25, -0.2) is 9.59 Å². The molecule has 2 fully saturated rings. The Morgan fingerprint density at radius 3 is 2.36 bits per heavy atom. The average molecular weight is 347 g/mol. The number of urea groups is 1. The first-order chi connectivity index (χ1) is 12.2. The van der Waals surface area contributed by atoms with E-state index >= 15 is 0 Å². The van der Waals surface area contributed by atoms with Crippen molar-refractivity contribution in [3.05, 3.63) is 24.5 Å². The van der Waals surface area contributed by atoms with Crippen LogP contribution in [-0.2, 0) is 9.63 Å². The Labute approximate surface area is 147 Å². The molecule has 0 aliphatic carbocycles. The Balaban J connectivity index is 1.37. The van der Waals surface area contributed by atoms with Crippen molar-refractivity contribution < 1.29 is 14.4 Å². The maximum absolute atomic E-state index is 12.1. The average Bonchev–Trinajstić information content (AvgIpc) is 2.68. The van der Waals surface area contributed by atoms with E-state index in [2.05, 4.69) is 20.3 Å². The molecule has 2 saturated heterocycles. The molecule has 0 unspecified atom stereocenters. The standard InChI is InChI=1S/C17H25N5O3/c23-16(14-20-8-2-1-3-9-20)25-19-17(24)22-12-10-21(11-13-22)15-4-6-18-7-5-15/h4-7H,1-3,8-14H2,(H,19,24). The summed E-state index contributed by atoms with van der Waals surface area (Å²) in [6, 6.07) is 3.55. The SMILES string of the molecule is O=C(CN1CCCCC1)ONC(=O)N1CCN(c2ccncc2)CC1. The highest BCUT2D eigenvalue weighted by atomic mass is 16.7. The summed E-state index contributed by atoms with van der Waals surface area (Å²) in [7, 11) is 0. The summed E-state index contributed by atoms with van der Waals surface area (Å²) >= 11 is 0. The molecule has 3 heterocycles. The normalized spacial score (nSPS) is 18.7. The van der Waals surface area contributed by atoms with Gasteiger partial charge < -0.3 is 14.6 Å². The number of amides is 2. The van der Waals surface area contributed by atoms with Crippen molar-refractivity contribution in [2.75, 3.05) is 50.7 Å². The quantitative estimate of drug-likeness (QED) is 0.817. The van der Waals surface area contributed by atoms with Gasteiger partial charge in [0.2, 0.25) is 0 Å². The van der Waals surface area contributed by atoms with Gasteiger partial charge in [0.25, 0.3) is 0 Å². The number of hydrogen-bond donors (Lipinski definition) is 1. The van der Waals surface area contributed by atoms with Gasteiger partial charge in [-0.3, -0.25) is 9.88 Å². The molecule has 1 N–H and O–H groups in total. The Kier molecular flexibility index (Phi) is 6.05. The topological polar surface area (TPSA) is 78.0 Å². The molecule has 8 heteroatoms. The molecule has 25 heavy (non-hydrogen) atoms. The van der Waals surface area contributed by atoms with Crippen molar-refractivity contribution in [1.29, 1.82) is 0 Å². The van der Waals surface area contributed by atoms with E-state index in [1.165, 1.54) is 6.42 Å². The molecule has 136 valence electrons. The molecule has 0 bridgehead atoms. The molecule has 0 aromatic carbocycles. The highest BCUT2D eigenvalue weighted by Crippen LogP contribution is 2.14. The summed E-state index contributed by atoms with van der Waals surface area (Å²) < 4.78 is 0. The van der Waals surface area contributed by atoms with Gasteiger partial charge in [-0.05, 0) is 38.1 Å². The number of aromatic nitrogens is 1. The summed E-state index contributed by atoms with van der Waals surface area (Å²) in [5.74, 6) is -0.411. The zero-order valence-corrected chi connectivity index (χ0v) is 14.4. The van der Waals surface area contributed by atoms with Crippen LogP contribution in [0.2, 0.25) is 0 Å².